The third-order valence-electron chi connectivity index (χ3n) is 5.76. The van der Waals surface area contributed by atoms with Crippen molar-refractivity contribution in [2.45, 2.75) is 6.04 Å². The molecule has 0 saturated carbocycles. The fourth-order valence-corrected chi connectivity index (χ4v) is 4.45. The molecule has 33 heavy (non-hydrogen) atoms. The molecule has 1 aliphatic rings. The van der Waals surface area contributed by atoms with E-state index in [9.17, 15) is 19.1 Å². The molecule has 1 saturated heterocycles. The molecule has 1 amide bonds. The fourth-order valence-electron chi connectivity index (χ4n) is 4.26. The quantitative estimate of drug-likeness (QED) is 0.224. The van der Waals surface area contributed by atoms with E-state index in [1.165, 1.54) is 29.2 Å². The number of benzene rings is 4. The molecule has 0 radical (unpaired) electrons. The molecule has 1 N–H and O–H groups in total. The number of aliphatic hydroxyl groups excluding tert-OH is 1. The van der Waals surface area contributed by atoms with E-state index in [-0.39, 0.29) is 11.3 Å². The first-order valence-corrected chi connectivity index (χ1v) is 10.6. The molecule has 162 valence electrons. The van der Waals surface area contributed by atoms with Gasteiger partial charge in [0.05, 0.1) is 11.6 Å². The Morgan fingerprint density at radius 2 is 1.58 bits per heavy atom. The molecule has 5 rings (SSSR count). The first-order valence-electron chi connectivity index (χ1n) is 10.3. The molecule has 0 spiro atoms. The SMILES string of the molecule is O=C1C(=O)N(c2cccc(Cl)c2)C(c2ccc(F)cc2)/C1=C(/O)c1cccc2ccccc12. The van der Waals surface area contributed by atoms with Gasteiger partial charge in [-0.05, 0) is 46.7 Å². The maximum absolute atomic E-state index is 13.7. The van der Waals surface area contributed by atoms with Crippen molar-refractivity contribution in [2.75, 3.05) is 4.90 Å². The van der Waals surface area contributed by atoms with Gasteiger partial charge in [-0.2, -0.15) is 0 Å². The van der Waals surface area contributed by atoms with Crippen LogP contribution < -0.4 is 4.90 Å². The first-order chi connectivity index (χ1) is 16.0. The van der Waals surface area contributed by atoms with E-state index < -0.39 is 23.5 Å². The number of aliphatic hydroxyl groups is 1. The van der Waals surface area contributed by atoms with Gasteiger partial charge in [-0.15, -0.1) is 0 Å². The lowest BCUT2D eigenvalue weighted by atomic mass is 9.93. The molecule has 0 bridgehead atoms. The van der Waals surface area contributed by atoms with Crippen molar-refractivity contribution >= 4 is 45.5 Å². The summed E-state index contributed by atoms with van der Waals surface area (Å²) in [5.41, 5.74) is 1.25. The van der Waals surface area contributed by atoms with Crippen molar-refractivity contribution in [1.29, 1.82) is 0 Å². The highest BCUT2D eigenvalue weighted by molar-refractivity contribution is 6.52. The second kappa shape index (κ2) is 8.19. The van der Waals surface area contributed by atoms with Crippen LogP contribution in [0.25, 0.3) is 16.5 Å². The van der Waals surface area contributed by atoms with Crippen molar-refractivity contribution in [3.8, 4) is 0 Å². The normalized spacial score (nSPS) is 17.6. The van der Waals surface area contributed by atoms with Crippen LogP contribution in [0.15, 0.2) is 96.6 Å². The van der Waals surface area contributed by atoms with E-state index in [4.69, 9.17) is 11.6 Å². The maximum Gasteiger partial charge on any atom is 0.300 e. The lowest BCUT2D eigenvalue weighted by molar-refractivity contribution is -0.132. The van der Waals surface area contributed by atoms with Crippen molar-refractivity contribution in [1.82, 2.24) is 0 Å². The molecular formula is C27H17ClFNO3. The third-order valence-corrected chi connectivity index (χ3v) is 6.00. The topological polar surface area (TPSA) is 57.6 Å². The zero-order valence-corrected chi connectivity index (χ0v) is 18.0. The number of fused-ring (bicyclic) bond motifs is 1. The average Bonchev–Trinajstić information content (AvgIpc) is 3.09. The van der Waals surface area contributed by atoms with Gasteiger partial charge in [0.2, 0.25) is 0 Å². The molecule has 1 aliphatic heterocycles. The number of hydrogen-bond acceptors (Lipinski definition) is 3. The minimum absolute atomic E-state index is 0.0667. The van der Waals surface area contributed by atoms with E-state index in [0.29, 0.717) is 21.8 Å². The summed E-state index contributed by atoms with van der Waals surface area (Å²) in [6.07, 6.45) is 0. The van der Waals surface area contributed by atoms with Gasteiger partial charge in [0.15, 0.2) is 0 Å². The van der Waals surface area contributed by atoms with Gasteiger partial charge in [-0.1, -0.05) is 72.3 Å². The van der Waals surface area contributed by atoms with Gasteiger partial charge in [-0.3, -0.25) is 14.5 Å². The second-order valence-electron chi connectivity index (χ2n) is 7.73. The Bertz CT molecular complexity index is 1440. The van der Waals surface area contributed by atoms with Gasteiger partial charge < -0.3 is 5.11 Å². The van der Waals surface area contributed by atoms with Crippen LogP contribution in [-0.4, -0.2) is 16.8 Å². The number of rotatable bonds is 3. The van der Waals surface area contributed by atoms with Crippen LogP contribution in [0.5, 0.6) is 0 Å². The van der Waals surface area contributed by atoms with E-state index in [1.54, 1.807) is 36.4 Å². The molecule has 4 nitrogen and oxygen atoms in total. The van der Waals surface area contributed by atoms with Gasteiger partial charge >= 0.3 is 0 Å². The summed E-state index contributed by atoms with van der Waals surface area (Å²) in [6.45, 7) is 0. The first kappa shape index (κ1) is 20.9. The highest BCUT2D eigenvalue weighted by Crippen LogP contribution is 2.43. The molecule has 1 unspecified atom stereocenters. The maximum atomic E-state index is 13.7. The Balaban J connectivity index is 1.78. The van der Waals surface area contributed by atoms with Gasteiger partial charge in [-0.25, -0.2) is 4.39 Å². The second-order valence-corrected chi connectivity index (χ2v) is 8.16. The number of halogens is 2. The Labute approximate surface area is 194 Å². The number of ketones is 1. The summed E-state index contributed by atoms with van der Waals surface area (Å²) in [7, 11) is 0. The van der Waals surface area contributed by atoms with Gasteiger partial charge in [0.25, 0.3) is 11.7 Å². The Hall–Kier alpha value is -3.96. The predicted octanol–water partition coefficient (Wildman–Crippen LogP) is 6.26. The van der Waals surface area contributed by atoms with Crippen molar-refractivity contribution in [3.05, 3.63) is 119 Å². The molecule has 0 aliphatic carbocycles. The summed E-state index contributed by atoms with van der Waals surface area (Å²) >= 11 is 6.15. The number of hydrogen-bond donors (Lipinski definition) is 1. The van der Waals surface area contributed by atoms with Gasteiger partial charge in [0, 0.05) is 16.3 Å². The molecule has 1 fully saturated rings. The predicted molar refractivity (Wildman–Crippen MR) is 127 cm³/mol. The largest absolute Gasteiger partial charge is 0.507 e. The summed E-state index contributed by atoms with van der Waals surface area (Å²) in [5, 5.41) is 13.4. The molecule has 6 heteroatoms. The van der Waals surface area contributed by atoms with E-state index >= 15 is 0 Å². The van der Waals surface area contributed by atoms with Crippen LogP contribution in [0.2, 0.25) is 5.02 Å². The molecule has 1 atom stereocenters. The summed E-state index contributed by atoms with van der Waals surface area (Å²) < 4.78 is 13.7. The van der Waals surface area contributed by atoms with Crippen LogP contribution in [0.4, 0.5) is 10.1 Å². The summed E-state index contributed by atoms with van der Waals surface area (Å²) in [6, 6.07) is 23.9. The lowest BCUT2D eigenvalue weighted by Crippen LogP contribution is -2.29. The van der Waals surface area contributed by atoms with E-state index in [0.717, 1.165) is 10.8 Å². The van der Waals surface area contributed by atoms with Crippen molar-refractivity contribution in [3.63, 3.8) is 0 Å². The molecule has 1 heterocycles. The zero-order chi connectivity index (χ0) is 23.1. The number of Topliss-reactive ketones (excluding diaryl/α,β-unsaturated/α-hetero) is 1. The number of carbonyl (C=O) groups is 2. The summed E-state index contributed by atoms with van der Waals surface area (Å²) in [5.74, 6) is -2.36. The van der Waals surface area contributed by atoms with Crippen LogP contribution in [-0.2, 0) is 9.59 Å². The minimum Gasteiger partial charge on any atom is -0.507 e. The van der Waals surface area contributed by atoms with Gasteiger partial charge in [0.1, 0.15) is 11.6 Å². The number of amides is 1. The monoisotopic (exact) mass is 457 g/mol. The average molecular weight is 458 g/mol. The number of anilines is 1. The van der Waals surface area contributed by atoms with Crippen molar-refractivity contribution in [2.24, 2.45) is 0 Å². The molecule has 0 aromatic heterocycles. The van der Waals surface area contributed by atoms with E-state index in [2.05, 4.69) is 0 Å². The molecule has 4 aromatic rings. The van der Waals surface area contributed by atoms with Crippen molar-refractivity contribution < 1.29 is 19.1 Å². The Morgan fingerprint density at radius 1 is 0.879 bits per heavy atom. The lowest BCUT2D eigenvalue weighted by Gasteiger charge is -2.25. The summed E-state index contributed by atoms with van der Waals surface area (Å²) in [4.78, 5) is 27.7. The number of carbonyl (C=O) groups excluding carboxylic acids is 2. The Morgan fingerprint density at radius 3 is 2.33 bits per heavy atom. The highest BCUT2D eigenvalue weighted by Gasteiger charge is 2.47. The van der Waals surface area contributed by atoms with Crippen LogP contribution >= 0.6 is 11.6 Å². The molecule has 4 aromatic carbocycles. The van der Waals surface area contributed by atoms with Crippen LogP contribution in [0.3, 0.4) is 0 Å². The Kier molecular flexibility index (Phi) is 5.19. The van der Waals surface area contributed by atoms with Crippen LogP contribution in [0.1, 0.15) is 17.2 Å². The third kappa shape index (κ3) is 3.56. The smallest absolute Gasteiger partial charge is 0.300 e. The zero-order valence-electron chi connectivity index (χ0n) is 17.2. The van der Waals surface area contributed by atoms with Crippen LogP contribution in [0, 0.1) is 5.82 Å². The van der Waals surface area contributed by atoms with E-state index in [1.807, 2.05) is 30.3 Å². The standard InChI is InChI=1S/C27H17ClFNO3/c28-18-7-4-8-20(15-18)30-24(17-11-13-19(29)14-12-17)23(26(32)27(30)33)25(31)22-10-3-6-16-5-1-2-9-21(16)22/h1-15,24,31H/b25-23-. The minimum atomic E-state index is -0.956. The highest BCUT2D eigenvalue weighted by atomic mass is 35.5. The fraction of sp³-hybridized carbons (Fsp3) is 0.0370. The number of nitrogens with zero attached hydrogens (tertiary/aromatic N) is 1. The molecular weight excluding hydrogens is 441 g/mol.